The van der Waals surface area contributed by atoms with Gasteiger partial charge in [-0.1, -0.05) is 19.1 Å². The third-order valence-corrected chi connectivity index (χ3v) is 3.96. The SMILES string of the molecule is CCNC(CC(Cl)Cl)C(O)(CF)c1ccc2ccoc2c1. The number of benzene rings is 1. The van der Waals surface area contributed by atoms with Crippen molar-refractivity contribution in [3.8, 4) is 0 Å². The minimum Gasteiger partial charge on any atom is -0.464 e. The lowest BCUT2D eigenvalue weighted by molar-refractivity contribution is -0.0260. The molecule has 0 aliphatic carbocycles. The first-order valence-electron chi connectivity index (χ1n) is 6.79. The number of fused-ring (bicyclic) bond motifs is 1. The van der Waals surface area contributed by atoms with Gasteiger partial charge in [-0.3, -0.25) is 0 Å². The van der Waals surface area contributed by atoms with Crippen LogP contribution in [-0.4, -0.2) is 29.2 Å². The second-order valence-electron chi connectivity index (χ2n) is 4.97. The van der Waals surface area contributed by atoms with E-state index in [9.17, 15) is 9.50 Å². The Morgan fingerprint density at radius 1 is 1.38 bits per heavy atom. The molecule has 1 aromatic heterocycles. The number of hydrogen-bond donors (Lipinski definition) is 2. The molecule has 0 saturated heterocycles. The maximum atomic E-state index is 13.7. The fraction of sp³-hybridized carbons (Fsp3) is 0.467. The Bertz CT molecular complexity index is 590. The molecular formula is C15H18Cl2FNO2. The molecule has 0 spiro atoms. The standard InChI is InChI=1S/C15H18Cl2FNO2/c1-2-19-13(8-14(16)17)15(20,9-18)11-4-3-10-5-6-21-12(10)7-11/h3-7,13-14,19-20H,2,8-9H2,1H3. The molecule has 21 heavy (non-hydrogen) atoms. The lowest BCUT2D eigenvalue weighted by atomic mass is 9.85. The van der Waals surface area contributed by atoms with E-state index in [0.29, 0.717) is 17.7 Å². The molecule has 2 atom stereocenters. The van der Waals surface area contributed by atoms with Crippen LogP contribution in [0.1, 0.15) is 18.9 Å². The van der Waals surface area contributed by atoms with Gasteiger partial charge in [-0.2, -0.15) is 0 Å². The Hall–Kier alpha value is -0.810. The van der Waals surface area contributed by atoms with Gasteiger partial charge in [0.15, 0.2) is 0 Å². The minimum atomic E-state index is -1.71. The van der Waals surface area contributed by atoms with Crippen molar-refractivity contribution in [2.75, 3.05) is 13.2 Å². The van der Waals surface area contributed by atoms with Gasteiger partial charge in [-0.05, 0) is 30.7 Å². The summed E-state index contributed by atoms with van der Waals surface area (Å²) >= 11 is 11.6. The molecule has 2 rings (SSSR count). The monoisotopic (exact) mass is 333 g/mol. The molecule has 0 radical (unpaired) electrons. The number of hydrogen-bond acceptors (Lipinski definition) is 3. The van der Waals surface area contributed by atoms with Crippen molar-refractivity contribution in [1.29, 1.82) is 0 Å². The van der Waals surface area contributed by atoms with Gasteiger partial charge in [0.2, 0.25) is 0 Å². The number of rotatable bonds is 7. The highest BCUT2D eigenvalue weighted by Gasteiger charge is 2.39. The lowest BCUT2D eigenvalue weighted by Crippen LogP contribution is -2.51. The molecule has 116 valence electrons. The van der Waals surface area contributed by atoms with Crippen LogP contribution in [0.25, 0.3) is 11.0 Å². The van der Waals surface area contributed by atoms with E-state index >= 15 is 0 Å². The number of halogens is 3. The highest BCUT2D eigenvalue weighted by molar-refractivity contribution is 6.44. The van der Waals surface area contributed by atoms with E-state index in [-0.39, 0.29) is 6.42 Å². The molecule has 2 N–H and O–H groups in total. The molecule has 2 aromatic rings. The van der Waals surface area contributed by atoms with E-state index in [1.807, 2.05) is 13.0 Å². The Morgan fingerprint density at radius 2 is 2.14 bits per heavy atom. The topological polar surface area (TPSA) is 45.4 Å². The van der Waals surface area contributed by atoms with Crippen molar-refractivity contribution in [2.24, 2.45) is 0 Å². The van der Waals surface area contributed by atoms with Crippen molar-refractivity contribution >= 4 is 34.2 Å². The summed E-state index contributed by atoms with van der Waals surface area (Å²) in [6.45, 7) is 1.49. The molecule has 0 aliphatic rings. The zero-order valence-corrected chi connectivity index (χ0v) is 13.2. The average Bonchev–Trinajstić information content (AvgIpc) is 2.93. The van der Waals surface area contributed by atoms with Gasteiger partial charge in [-0.25, -0.2) is 4.39 Å². The van der Waals surface area contributed by atoms with Crippen LogP contribution in [-0.2, 0) is 5.60 Å². The normalized spacial score (nSPS) is 16.3. The van der Waals surface area contributed by atoms with E-state index in [4.69, 9.17) is 27.6 Å². The second kappa shape index (κ2) is 6.97. The predicted octanol–water partition coefficient (Wildman–Crippen LogP) is 3.76. The van der Waals surface area contributed by atoms with Crippen LogP contribution in [0.5, 0.6) is 0 Å². The van der Waals surface area contributed by atoms with E-state index in [0.717, 1.165) is 5.39 Å². The molecular weight excluding hydrogens is 316 g/mol. The molecule has 2 unspecified atom stereocenters. The van der Waals surface area contributed by atoms with Gasteiger partial charge in [-0.15, -0.1) is 23.2 Å². The summed E-state index contributed by atoms with van der Waals surface area (Å²) in [5.41, 5.74) is -0.672. The van der Waals surface area contributed by atoms with Gasteiger partial charge in [0, 0.05) is 11.4 Å². The number of nitrogens with one attached hydrogen (secondary N) is 1. The summed E-state index contributed by atoms with van der Waals surface area (Å²) in [5.74, 6) is 0. The van der Waals surface area contributed by atoms with E-state index in [2.05, 4.69) is 5.32 Å². The minimum absolute atomic E-state index is 0.230. The fourth-order valence-electron chi connectivity index (χ4n) is 2.47. The van der Waals surface area contributed by atoms with Gasteiger partial charge >= 0.3 is 0 Å². The van der Waals surface area contributed by atoms with Crippen LogP contribution in [0.2, 0.25) is 0 Å². The summed E-state index contributed by atoms with van der Waals surface area (Å²) in [6, 6.07) is 6.34. The van der Waals surface area contributed by atoms with Crippen LogP contribution in [0, 0.1) is 0 Å². The van der Waals surface area contributed by atoms with Crippen molar-refractivity contribution in [3.05, 3.63) is 36.1 Å². The average molecular weight is 334 g/mol. The first-order valence-corrected chi connectivity index (χ1v) is 7.66. The van der Waals surface area contributed by atoms with E-state index in [1.165, 1.54) is 0 Å². The van der Waals surface area contributed by atoms with Crippen LogP contribution in [0.15, 0.2) is 34.9 Å². The summed E-state index contributed by atoms with van der Waals surface area (Å²) in [4.78, 5) is -0.695. The van der Waals surface area contributed by atoms with Crippen LogP contribution >= 0.6 is 23.2 Å². The highest BCUT2D eigenvalue weighted by Crippen LogP contribution is 2.32. The first kappa shape index (κ1) is 16.6. The molecule has 0 aliphatic heterocycles. The molecule has 3 nitrogen and oxygen atoms in total. The Labute approximate surface area is 133 Å². The Balaban J connectivity index is 2.40. The first-order chi connectivity index (χ1) is 10.0. The molecule has 0 bridgehead atoms. The van der Waals surface area contributed by atoms with Crippen molar-refractivity contribution in [3.63, 3.8) is 0 Å². The molecule has 0 saturated carbocycles. The van der Waals surface area contributed by atoms with Gasteiger partial charge < -0.3 is 14.8 Å². The quantitative estimate of drug-likeness (QED) is 0.758. The maximum Gasteiger partial charge on any atom is 0.134 e. The Morgan fingerprint density at radius 3 is 2.76 bits per heavy atom. The van der Waals surface area contributed by atoms with Gasteiger partial charge in [0.05, 0.1) is 6.26 Å². The number of aliphatic hydroxyl groups is 1. The van der Waals surface area contributed by atoms with Gasteiger partial charge in [0.1, 0.15) is 22.7 Å². The third-order valence-electron chi connectivity index (χ3n) is 3.60. The molecule has 6 heteroatoms. The van der Waals surface area contributed by atoms with Crippen LogP contribution in [0.3, 0.4) is 0 Å². The molecule has 0 fully saturated rings. The number of likely N-dealkylation sites (N-methyl/N-ethyl adjacent to an activating group) is 1. The summed E-state index contributed by atoms with van der Waals surface area (Å²) in [5, 5.41) is 14.8. The zero-order chi connectivity index (χ0) is 15.5. The summed E-state index contributed by atoms with van der Waals surface area (Å²) in [6.07, 6.45) is 1.78. The van der Waals surface area contributed by atoms with Crippen molar-refractivity contribution < 1.29 is 13.9 Å². The number of furan rings is 1. The zero-order valence-electron chi connectivity index (χ0n) is 11.7. The van der Waals surface area contributed by atoms with Crippen molar-refractivity contribution in [2.45, 2.75) is 29.8 Å². The summed E-state index contributed by atoms with van der Waals surface area (Å²) < 4.78 is 19.0. The predicted molar refractivity (Wildman–Crippen MR) is 83.7 cm³/mol. The van der Waals surface area contributed by atoms with Crippen molar-refractivity contribution in [1.82, 2.24) is 5.32 Å². The molecule has 0 amide bonds. The van der Waals surface area contributed by atoms with E-state index in [1.54, 1.807) is 24.5 Å². The highest BCUT2D eigenvalue weighted by atomic mass is 35.5. The maximum absolute atomic E-state index is 13.7. The second-order valence-corrected chi connectivity index (χ2v) is 6.25. The van der Waals surface area contributed by atoms with Crippen LogP contribution < -0.4 is 5.32 Å². The molecule has 1 aromatic carbocycles. The Kier molecular flexibility index (Phi) is 5.49. The van der Waals surface area contributed by atoms with E-state index < -0.39 is 23.2 Å². The lowest BCUT2D eigenvalue weighted by Gasteiger charge is -2.35. The number of alkyl halides is 3. The molecule has 1 heterocycles. The fourth-order valence-corrected chi connectivity index (χ4v) is 2.82. The van der Waals surface area contributed by atoms with Gasteiger partial charge in [0.25, 0.3) is 0 Å². The van der Waals surface area contributed by atoms with Crippen LogP contribution in [0.4, 0.5) is 4.39 Å². The third kappa shape index (κ3) is 3.51. The summed E-state index contributed by atoms with van der Waals surface area (Å²) in [7, 11) is 0. The smallest absolute Gasteiger partial charge is 0.134 e. The largest absolute Gasteiger partial charge is 0.464 e.